The summed E-state index contributed by atoms with van der Waals surface area (Å²) >= 11 is 3.63. The molecule has 1 heterocycles. The molecule has 4 nitrogen and oxygen atoms in total. The maximum Gasteiger partial charge on any atom is 0.120 e. The van der Waals surface area contributed by atoms with E-state index < -0.39 is 0 Å². The Hall–Kier alpha value is -0.620. The van der Waals surface area contributed by atoms with Crippen molar-refractivity contribution in [2.75, 3.05) is 33.5 Å². The van der Waals surface area contributed by atoms with E-state index >= 15 is 0 Å². The minimum Gasteiger partial charge on any atom is -0.497 e. The van der Waals surface area contributed by atoms with E-state index in [1.54, 1.807) is 7.11 Å². The Balaban J connectivity index is 2.20. The maximum absolute atomic E-state index is 5.86. The fourth-order valence-electron chi connectivity index (χ4n) is 2.33. The predicted octanol–water partition coefficient (Wildman–Crippen LogP) is 2.91. The molecule has 0 spiro atoms. The van der Waals surface area contributed by atoms with Gasteiger partial charge in [0.25, 0.3) is 0 Å². The van der Waals surface area contributed by atoms with Crippen LogP contribution in [0.3, 0.4) is 0 Å². The van der Waals surface area contributed by atoms with E-state index in [2.05, 4.69) is 34.2 Å². The highest BCUT2D eigenvalue weighted by molar-refractivity contribution is 9.10. The molecule has 0 aliphatic carbocycles. The van der Waals surface area contributed by atoms with Crippen molar-refractivity contribution < 1.29 is 14.2 Å². The number of ether oxygens (including phenoxy) is 3. The molecule has 2 atom stereocenters. The molecule has 2 unspecified atom stereocenters. The van der Waals surface area contributed by atoms with Crippen molar-refractivity contribution in [2.24, 2.45) is 0 Å². The van der Waals surface area contributed by atoms with Gasteiger partial charge in [0.15, 0.2) is 0 Å². The van der Waals surface area contributed by atoms with Crippen LogP contribution in [0.25, 0.3) is 0 Å². The van der Waals surface area contributed by atoms with Gasteiger partial charge >= 0.3 is 0 Å². The van der Waals surface area contributed by atoms with E-state index in [4.69, 9.17) is 14.2 Å². The first-order valence-corrected chi connectivity index (χ1v) is 7.81. The zero-order chi connectivity index (χ0) is 14.4. The highest BCUT2D eigenvalue weighted by Gasteiger charge is 2.27. The van der Waals surface area contributed by atoms with Crippen LogP contribution in [0.2, 0.25) is 0 Å². The molecule has 112 valence electrons. The van der Waals surface area contributed by atoms with Gasteiger partial charge in [0.05, 0.1) is 33.0 Å². The third kappa shape index (κ3) is 3.95. The molecule has 2 rings (SSSR count). The van der Waals surface area contributed by atoms with Gasteiger partial charge < -0.3 is 19.5 Å². The highest BCUT2D eigenvalue weighted by atomic mass is 79.9. The van der Waals surface area contributed by atoms with E-state index in [1.165, 1.54) is 5.56 Å². The second-order valence-corrected chi connectivity index (χ2v) is 5.66. The Morgan fingerprint density at radius 1 is 1.45 bits per heavy atom. The number of rotatable bonds is 6. The van der Waals surface area contributed by atoms with Crippen LogP contribution in [0.15, 0.2) is 22.7 Å². The number of hydrogen-bond acceptors (Lipinski definition) is 4. The molecule has 20 heavy (non-hydrogen) atoms. The second kappa shape index (κ2) is 7.98. The first-order valence-electron chi connectivity index (χ1n) is 7.02. The molecule has 1 fully saturated rings. The molecule has 0 amide bonds. The van der Waals surface area contributed by atoms with Gasteiger partial charge in [-0.3, -0.25) is 0 Å². The van der Waals surface area contributed by atoms with Crippen molar-refractivity contribution in [2.45, 2.75) is 25.5 Å². The summed E-state index contributed by atoms with van der Waals surface area (Å²) in [7, 11) is 1.67. The standard InChI is InChI=1S/C15H22BrNO3/c1-3-6-17-15(14-10-19-7-8-20-14)12-5-4-11(18-2)9-13(12)16/h4-5,9,14-15,17H,3,6-8,10H2,1-2H3. The van der Waals surface area contributed by atoms with Crippen LogP contribution in [0.5, 0.6) is 5.75 Å². The normalized spacial score (nSPS) is 20.6. The largest absolute Gasteiger partial charge is 0.497 e. The van der Waals surface area contributed by atoms with Crippen LogP contribution in [0, 0.1) is 0 Å². The quantitative estimate of drug-likeness (QED) is 0.861. The van der Waals surface area contributed by atoms with Crippen molar-refractivity contribution in [3.8, 4) is 5.75 Å². The molecule has 1 N–H and O–H groups in total. The first-order chi connectivity index (χ1) is 9.76. The smallest absolute Gasteiger partial charge is 0.120 e. The van der Waals surface area contributed by atoms with E-state index in [0.29, 0.717) is 19.8 Å². The zero-order valence-electron chi connectivity index (χ0n) is 12.0. The average molecular weight is 344 g/mol. The number of methoxy groups -OCH3 is 1. The molecule has 0 saturated carbocycles. The molecule has 0 radical (unpaired) electrons. The van der Waals surface area contributed by atoms with Crippen molar-refractivity contribution in [1.82, 2.24) is 5.32 Å². The van der Waals surface area contributed by atoms with E-state index in [1.807, 2.05) is 12.1 Å². The Labute approximate surface area is 128 Å². The van der Waals surface area contributed by atoms with Crippen molar-refractivity contribution in [3.05, 3.63) is 28.2 Å². The van der Waals surface area contributed by atoms with Crippen LogP contribution < -0.4 is 10.1 Å². The van der Waals surface area contributed by atoms with Gasteiger partial charge in [0, 0.05) is 4.47 Å². The highest BCUT2D eigenvalue weighted by Crippen LogP contribution is 2.31. The SMILES string of the molecule is CCCNC(c1ccc(OC)cc1Br)C1COCCO1. The minimum atomic E-state index is 0.0417. The molecule has 1 aliphatic heterocycles. The minimum absolute atomic E-state index is 0.0417. The van der Waals surface area contributed by atoms with Gasteiger partial charge in [-0.25, -0.2) is 0 Å². The summed E-state index contributed by atoms with van der Waals surface area (Å²) in [4.78, 5) is 0. The summed E-state index contributed by atoms with van der Waals surface area (Å²) in [6.45, 7) is 5.07. The van der Waals surface area contributed by atoms with Crippen LogP contribution in [-0.4, -0.2) is 39.6 Å². The summed E-state index contributed by atoms with van der Waals surface area (Å²) in [5.74, 6) is 0.843. The summed E-state index contributed by atoms with van der Waals surface area (Å²) < 4.78 is 17.7. The summed E-state index contributed by atoms with van der Waals surface area (Å²) in [5, 5.41) is 3.56. The molecular weight excluding hydrogens is 322 g/mol. The topological polar surface area (TPSA) is 39.7 Å². The van der Waals surface area contributed by atoms with E-state index in [9.17, 15) is 0 Å². The van der Waals surface area contributed by atoms with Gasteiger partial charge in [0.2, 0.25) is 0 Å². The summed E-state index contributed by atoms with van der Waals surface area (Å²) in [6.07, 6.45) is 1.12. The number of benzene rings is 1. The van der Waals surface area contributed by atoms with Gasteiger partial charge in [-0.1, -0.05) is 28.9 Å². The predicted molar refractivity (Wildman–Crippen MR) is 82.3 cm³/mol. The van der Waals surface area contributed by atoms with Crippen LogP contribution in [-0.2, 0) is 9.47 Å². The Kier molecular flexibility index (Phi) is 6.29. The maximum atomic E-state index is 5.86. The monoisotopic (exact) mass is 343 g/mol. The number of nitrogens with one attached hydrogen (secondary N) is 1. The molecular formula is C15H22BrNO3. The summed E-state index contributed by atoms with van der Waals surface area (Å²) in [5.41, 5.74) is 1.18. The van der Waals surface area contributed by atoms with Crippen molar-refractivity contribution in [3.63, 3.8) is 0 Å². The van der Waals surface area contributed by atoms with Gasteiger partial charge in [-0.15, -0.1) is 0 Å². The summed E-state index contributed by atoms with van der Waals surface area (Å²) in [6, 6.07) is 6.16. The molecule has 5 heteroatoms. The van der Waals surface area contributed by atoms with Crippen LogP contribution >= 0.6 is 15.9 Å². The lowest BCUT2D eigenvalue weighted by Crippen LogP contribution is -2.41. The number of hydrogen-bond donors (Lipinski definition) is 1. The lowest BCUT2D eigenvalue weighted by atomic mass is 10.0. The van der Waals surface area contributed by atoms with Crippen molar-refractivity contribution in [1.29, 1.82) is 0 Å². The third-order valence-electron chi connectivity index (χ3n) is 3.37. The van der Waals surface area contributed by atoms with Gasteiger partial charge in [-0.2, -0.15) is 0 Å². The molecule has 1 aromatic rings. The third-order valence-corrected chi connectivity index (χ3v) is 4.06. The lowest BCUT2D eigenvalue weighted by Gasteiger charge is -2.32. The van der Waals surface area contributed by atoms with E-state index in [0.717, 1.165) is 23.2 Å². The fraction of sp³-hybridized carbons (Fsp3) is 0.600. The Morgan fingerprint density at radius 3 is 2.90 bits per heavy atom. The van der Waals surface area contributed by atoms with Crippen LogP contribution in [0.1, 0.15) is 24.9 Å². The molecule has 1 aliphatic rings. The first kappa shape index (κ1) is 15.8. The molecule has 1 aromatic carbocycles. The average Bonchev–Trinajstić information content (AvgIpc) is 2.50. The lowest BCUT2D eigenvalue weighted by molar-refractivity contribution is -0.102. The Bertz CT molecular complexity index is 422. The zero-order valence-corrected chi connectivity index (χ0v) is 13.6. The van der Waals surface area contributed by atoms with Crippen LogP contribution in [0.4, 0.5) is 0 Å². The van der Waals surface area contributed by atoms with Crippen molar-refractivity contribution >= 4 is 15.9 Å². The van der Waals surface area contributed by atoms with Gasteiger partial charge in [-0.05, 0) is 30.7 Å². The second-order valence-electron chi connectivity index (χ2n) is 4.80. The molecule has 0 bridgehead atoms. The molecule has 1 saturated heterocycles. The Morgan fingerprint density at radius 2 is 2.30 bits per heavy atom. The number of halogens is 1. The fourth-order valence-corrected chi connectivity index (χ4v) is 2.93. The van der Waals surface area contributed by atoms with E-state index in [-0.39, 0.29) is 12.1 Å². The van der Waals surface area contributed by atoms with Gasteiger partial charge in [0.1, 0.15) is 11.9 Å². The molecule has 0 aromatic heterocycles.